The Labute approximate surface area is 131 Å². The number of rotatable bonds is 4. The first kappa shape index (κ1) is 17.3. The third kappa shape index (κ3) is 3.66. The van der Waals surface area contributed by atoms with Gasteiger partial charge in [-0.15, -0.1) is 12.4 Å². The number of hydrogen-bond acceptors (Lipinski definition) is 2. The van der Waals surface area contributed by atoms with Crippen LogP contribution in [0.25, 0.3) is 0 Å². The van der Waals surface area contributed by atoms with Gasteiger partial charge in [-0.3, -0.25) is 4.79 Å². The number of carbonyl (C=O) groups is 1. The second-order valence-corrected chi connectivity index (χ2v) is 5.63. The molecule has 1 aromatic rings. The van der Waals surface area contributed by atoms with E-state index < -0.39 is 5.41 Å². The van der Waals surface area contributed by atoms with Gasteiger partial charge in [0.15, 0.2) is 0 Å². The summed E-state index contributed by atoms with van der Waals surface area (Å²) in [5, 5.41) is 3.66. The van der Waals surface area contributed by atoms with E-state index in [1.54, 1.807) is 0 Å². The Balaban J connectivity index is 0.00000200. The van der Waals surface area contributed by atoms with Crippen molar-refractivity contribution in [2.75, 3.05) is 13.1 Å². The minimum atomic E-state index is -0.391. The fraction of sp³-hybridized carbons (Fsp3) is 0.533. The van der Waals surface area contributed by atoms with E-state index >= 15 is 0 Å². The number of nitrogens with two attached hydrogens (primary N) is 1. The first-order valence-corrected chi connectivity index (χ1v) is 7.31. The summed E-state index contributed by atoms with van der Waals surface area (Å²) < 4.78 is 0. The van der Waals surface area contributed by atoms with Gasteiger partial charge < -0.3 is 11.1 Å². The highest BCUT2D eigenvalue weighted by atomic mass is 35.5. The summed E-state index contributed by atoms with van der Waals surface area (Å²) >= 11 is 5.94. The average molecular weight is 317 g/mol. The molecule has 3 nitrogen and oxygen atoms in total. The minimum absolute atomic E-state index is 0. The first-order valence-electron chi connectivity index (χ1n) is 6.93. The summed E-state index contributed by atoms with van der Waals surface area (Å²) in [6.45, 7) is 1.01. The molecule has 5 heteroatoms. The number of hydrogen-bond donors (Lipinski definition) is 2. The maximum Gasteiger partial charge on any atom is 0.230 e. The van der Waals surface area contributed by atoms with Gasteiger partial charge in [-0.2, -0.15) is 0 Å². The van der Waals surface area contributed by atoms with Crippen LogP contribution in [0.4, 0.5) is 0 Å². The van der Waals surface area contributed by atoms with Gasteiger partial charge in [0.25, 0.3) is 0 Å². The Hall–Kier alpha value is -0.770. The van der Waals surface area contributed by atoms with E-state index in [9.17, 15) is 4.79 Å². The molecular weight excluding hydrogens is 295 g/mol. The van der Waals surface area contributed by atoms with Gasteiger partial charge in [0.05, 0.1) is 5.41 Å². The summed E-state index contributed by atoms with van der Waals surface area (Å²) in [7, 11) is 0. The van der Waals surface area contributed by atoms with E-state index in [1.807, 2.05) is 24.3 Å². The molecule has 0 aromatic heterocycles. The van der Waals surface area contributed by atoms with Crippen molar-refractivity contribution in [1.29, 1.82) is 0 Å². The van der Waals surface area contributed by atoms with Crippen LogP contribution in [0, 0.1) is 0 Å². The predicted molar refractivity (Wildman–Crippen MR) is 85.5 cm³/mol. The predicted octanol–water partition coefficient (Wildman–Crippen LogP) is 3.04. The molecule has 1 aliphatic rings. The van der Waals surface area contributed by atoms with Crippen molar-refractivity contribution in [2.24, 2.45) is 5.73 Å². The lowest BCUT2D eigenvalue weighted by atomic mass is 9.68. The van der Waals surface area contributed by atoms with Gasteiger partial charge in [-0.05, 0) is 30.5 Å². The number of amides is 1. The Morgan fingerprint density at radius 3 is 2.35 bits per heavy atom. The Kier molecular flexibility index (Phi) is 6.80. The van der Waals surface area contributed by atoms with E-state index in [1.165, 1.54) is 6.42 Å². The van der Waals surface area contributed by atoms with Crippen LogP contribution in [0.3, 0.4) is 0 Å². The van der Waals surface area contributed by atoms with Crippen LogP contribution < -0.4 is 11.1 Å². The summed E-state index contributed by atoms with van der Waals surface area (Å²) in [6, 6.07) is 7.69. The molecular formula is C15H22Cl2N2O. The van der Waals surface area contributed by atoms with Crippen LogP contribution in [-0.4, -0.2) is 19.0 Å². The fourth-order valence-corrected chi connectivity index (χ4v) is 3.05. The lowest BCUT2D eigenvalue weighted by Crippen LogP contribution is -2.47. The minimum Gasteiger partial charge on any atom is -0.354 e. The van der Waals surface area contributed by atoms with Crippen LogP contribution >= 0.6 is 24.0 Å². The fourth-order valence-electron chi connectivity index (χ4n) is 2.93. The van der Waals surface area contributed by atoms with Crippen LogP contribution in [-0.2, 0) is 10.2 Å². The molecule has 0 unspecified atom stereocenters. The summed E-state index contributed by atoms with van der Waals surface area (Å²) in [6.07, 6.45) is 5.22. The van der Waals surface area contributed by atoms with Crippen LogP contribution in [0.2, 0.25) is 5.02 Å². The monoisotopic (exact) mass is 316 g/mol. The number of nitrogens with one attached hydrogen (secondary N) is 1. The maximum absolute atomic E-state index is 12.6. The highest BCUT2D eigenvalue weighted by Gasteiger charge is 2.40. The molecule has 0 heterocycles. The molecule has 1 amide bonds. The zero-order valence-electron chi connectivity index (χ0n) is 11.5. The molecule has 0 saturated heterocycles. The van der Waals surface area contributed by atoms with E-state index in [0.29, 0.717) is 18.1 Å². The van der Waals surface area contributed by atoms with Gasteiger partial charge in [0, 0.05) is 18.1 Å². The molecule has 2 rings (SSSR count). The van der Waals surface area contributed by atoms with Crippen molar-refractivity contribution in [1.82, 2.24) is 5.32 Å². The molecule has 0 aliphatic heterocycles. The highest BCUT2D eigenvalue weighted by Crippen LogP contribution is 2.40. The quantitative estimate of drug-likeness (QED) is 0.897. The van der Waals surface area contributed by atoms with Crippen molar-refractivity contribution in [3.8, 4) is 0 Å². The van der Waals surface area contributed by atoms with E-state index in [0.717, 1.165) is 31.2 Å². The topological polar surface area (TPSA) is 55.1 Å². The second-order valence-electron chi connectivity index (χ2n) is 5.19. The molecule has 0 bridgehead atoms. The zero-order valence-corrected chi connectivity index (χ0v) is 13.1. The lowest BCUT2D eigenvalue weighted by molar-refractivity contribution is -0.128. The second kappa shape index (κ2) is 7.87. The average Bonchev–Trinajstić information content (AvgIpc) is 2.46. The third-order valence-corrected chi connectivity index (χ3v) is 4.22. The van der Waals surface area contributed by atoms with Crippen molar-refractivity contribution in [2.45, 2.75) is 37.5 Å². The standard InChI is InChI=1S/C15H21ClN2O.ClH/c16-13-6-4-12(5-7-13)15(8-2-1-3-9-15)14(19)18-11-10-17;/h4-7H,1-3,8-11,17H2,(H,18,19);1H. The summed E-state index contributed by atoms with van der Waals surface area (Å²) in [4.78, 5) is 12.6. The maximum atomic E-state index is 12.6. The van der Waals surface area contributed by atoms with Gasteiger partial charge in [0.1, 0.15) is 0 Å². The van der Waals surface area contributed by atoms with Gasteiger partial charge in [0.2, 0.25) is 5.91 Å². The molecule has 1 aromatic carbocycles. The lowest BCUT2D eigenvalue weighted by Gasteiger charge is -2.36. The van der Waals surface area contributed by atoms with Crippen molar-refractivity contribution in [3.05, 3.63) is 34.9 Å². The Morgan fingerprint density at radius 1 is 1.20 bits per heavy atom. The van der Waals surface area contributed by atoms with E-state index in [2.05, 4.69) is 5.32 Å². The normalized spacial score (nSPS) is 17.1. The molecule has 112 valence electrons. The molecule has 0 radical (unpaired) electrons. The number of benzene rings is 1. The molecule has 20 heavy (non-hydrogen) atoms. The van der Waals surface area contributed by atoms with Gasteiger partial charge in [-0.1, -0.05) is 43.0 Å². The Bertz CT molecular complexity index is 428. The van der Waals surface area contributed by atoms with E-state index in [4.69, 9.17) is 17.3 Å². The molecule has 0 atom stereocenters. The zero-order chi connectivity index (χ0) is 13.7. The molecule has 1 saturated carbocycles. The van der Waals surface area contributed by atoms with E-state index in [-0.39, 0.29) is 18.3 Å². The SMILES string of the molecule is Cl.NCCNC(=O)C1(c2ccc(Cl)cc2)CCCCC1. The summed E-state index contributed by atoms with van der Waals surface area (Å²) in [5.74, 6) is 0.111. The van der Waals surface area contributed by atoms with Crippen LogP contribution in [0.1, 0.15) is 37.7 Å². The number of halogens is 2. The van der Waals surface area contributed by atoms with Gasteiger partial charge in [-0.25, -0.2) is 0 Å². The molecule has 1 aliphatic carbocycles. The first-order chi connectivity index (χ1) is 9.19. The molecule has 0 spiro atoms. The van der Waals surface area contributed by atoms with Crippen molar-refractivity contribution >= 4 is 29.9 Å². The highest BCUT2D eigenvalue weighted by molar-refractivity contribution is 6.30. The van der Waals surface area contributed by atoms with Crippen LogP contribution in [0.15, 0.2) is 24.3 Å². The largest absolute Gasteiger partial charge is 0.354 e. The summed E-state index contributed by atoms with van der Waals surface area (Å²) in [5.41, 5.74) is 6.16. The number of carbonyl (C=O) groups excluding carboxylic acids is 1. The van der Waals surface area contributed by atoms with Crippen LogP contribution in [0.5, 0.6) is 0 Å². The smallest absolute Gasteiger partial charge is 0.230 e. The third-order valence-electron chi connectivity index (χ3n) is 3.97. The Morgan fingerprint density at radius 2 is 1.80 bits per heavy atom. The van der Waals surface area contributed by atoms with Crippen molar-refractivity contribution in [3.63, 3.8) is 0 Å². The van der Waals surface area contributed by atoms with Crippen molar-refractivity contribution < 1.29 is 4.79 Å². The molecule has 1 fully saturated rings. The molecule has 3 N–H and O–H groups in total. The van der Waals surface area contributed by atoms with Gasteiger partial charge >= 0.3 is 0 Å².